The Morgan fingerprint density at radius 2 is 1.83 bits per heavy atom. The van der Waals surface area contributed by atoms with Crippen LogP contribution in [0, 0.1) is 5.41 Å². The molecular weight excluding hydrogens is 154 g/mol. The van der Waals surface area contributed by atoms with Crippen LogP contribution in [0.15, 0.2) is 0 Å². The van der Waals surface area contributed by atoms with Gasteiger partial charge in [-0.1, -0.05) is 20.8 Å². The average molecular weight is 171 g/mol. The van der Waals surface area contributed by atoms with Crippen LogP contribution in [0.3, 0.4) is 0 Å². The molecule has 0 heterocycles. The number of nitrogens with zero attached hydrogens (tertiary/aromatic N) is 1. The molecule has 0 N–H and O–H groups in total. The third-order valence-electron chi connectivity index (χ3n) is 1.77. The molecule has 0 rings (SSSR count). The van der Waals surface area contributed by atoms with E-state index in [9.17, 15) is 9.59 Å². The van der Waals surface area contributed by atoms with E-state index in [1.165, 1.54) is 4.90 Å². The second kappa shape index (κ2) is 3.70. The highest BCUT2D eigenvalue weighted by molar-refractivity contribution is 5.83. The lowest BCUT2D eigenvalue weighted by atomic mass is 9.94. The second-order valence-corrected chi connectivity index (χ2v) is 4.04. The smallest absolute Gasteiger partial charge is 0.228 e. The van der Waals surface area contributed by atoms with Crippen molar-refractivity contribution in [3.05, 3.63) is 0 Å². The van der Waals surface area contributed by atoms with Gasteiger partial charge in [-0.15, -0.1) is 0 Å². The van der Waals surface area contributed by atoms with E-state index in [-0.39, 0.29) is 11.9 Å². The Bertz CT molecular complexity index is 181. The van der Waals surface area contributed by atoms with Gasteiger partial charge in [-0.05, 0) is 6.92 Å². The molecule has 0 aromatic rings. The Morgan fingerprint density at radius 1 is 1.42 bits per heavy atom. The van der Waals surface area contributed by atoms with Gasteiger partial charge in [0.1, 0.15) is 6.29 Å². The van der Waals surface area contributed by atoms with Gasteiger partial charge in [0, 0.05) is 12.5 Å². The standard InChI is InChI=1S/C9H17NO2/c1-7(6-11)10(5)8(12)9(2,3)4/h6-7H,1-5H3. The van der Waals surface area contributed by atoms with Crippen LogP contribution in [0.5, 0.6) is 0 Å². The highest BCUT2D eigenvalue weighted by Gasteiger charge is 2.27. The minimum absolute atomic E-state index is 0.0119. The molecule has 0 aliphatic heterocycles. The number of carbonyl (C=O) groups excluding carboxylic acids is 2. The molecule has 0 saturated heterocycles. The van der Waals surface area contributed by atoms with Gasteiger partial charge in [0.05, 0.1) is 6.04 Å². The molecule has 0 aromatic heterocycles. The van der Waals surface area contributed by atoms with Crippen molar-refractivity contribution in [3.63, 3.8) is 0 Å². The third kappa shape index (κ3) is 2.64. The Labute approximate surface area is 73.7 Å². The molecule has 1 amide bonds. The summed E-state index contributed by atoms with van der Waals surface area (Å²) in [6, 6.07) is -0.336. The van der Waals surface area contributed by atoms with Crippen LogP contribution in [-0.4, -0.2) is 30.2 Å². The van der Waals surface area contributed by atoms with E-state index < -0.39 is 5.41 Å². The summed E-state index contributed by atoms with van der Waals surface area (Å²) in [5.74, 6) is -0.0119. The van der Waals surface area contributed by atoms with Crippen LogP contribution in [0.1, 0.15) is 27.7 Å². The van der Waals surface area contributed by atoms with Crippen molar-refractivity contribution in [1.82, 2.24) is 4.90 Å². The lowest BCUT2D eigenvalue weighted by Crippen LogP contribution is -2.42. The topological polar surface area (TPSA) is 37.4 Å². The predicted octanol–water partition coefficient (Wildman–Crippen LogP) is 1.08. The van der Waals surface area contributed by atoms with Gasteiger partial charge in [0.2, 0.25) is 5.91 Å². The van der Waals surface area contributed by atoms with Crippen LogP contribution in [0.25, 0.3) is 0 Å². The van der Waals surface area contributed by atoms with Crippen LogP contribution >= 0.6 is 0 Å². The fourth-order valence-electron chi connectivity index (χ4n) is 0.805. The van der Waals surface area contributed by atoms with E-state index >= 15 is 0 Å². The molecule has 0 bridgehead atoms. The van der Waals surface area contributed by atoms with Crippen LogP contribution in [0.2, 0.25) is 0 Å². The molecule has 0 fully saturated rings. The van der Waals surface area contributed by atoms with Crippen molar-refractivity contribution in [2.24, 2.45) is 5.41 Å². The fourth-order valence-corrected chi connectivity index (χ4v) is 0.805. The fraction of sp³-hybridized carbons (Fsp3) is 0.778. The van der Waals surface area contributed by atoms with Crippen molar-refractivity contribution < 1.29 is 9.59 Å². The second-order valence-electron chi connectivity index (χ2n) is 4.04. The molecule has 70 valence electrons. The molecule has 0 radical (unpaired) electrons. The van der Waals surface area contributed by atoms with Gasteiger partial charge in [-0.3, -0.25) is 4.79 Å². The van der Waals surface area contributed by atoms with Gasteiger partial charge >= 0.3 is 0 Å². The number of rotatable bonds is 2. The van der Waals surface area contributed by atoms with Crippen LogP contribution in [-0.2, 0) is 9.59 Å². The largest absolute Gasteiger partial charge is 0.336 e. The quantitative estimate of drug-likeness (QED) is 0.583. The number of amides is 1. The first-order valence-corrected chi connectivity index (χ1v) is 4.03. The van der Waals surface area contributed by atoms with E-state index in [0.29, 0.717) is 0 Å². The summed E-state index contributed by atoms with van der Waals surface area (Å²) < 4.78 is 0. The normalized spacial score (nSPS) is 13.8. The first kappa shape index (κ1) is 11.1. The van der Waals surface area contributed by atoms with Crippen molar-refractivity contribution >= 4 is 12.2 Å². The van der Waals surface area contributed by atoms with Crippen molar-refractivity contribution in [2.45, 2.75) is 33.7 Å². The zero-order valence-corrected chi connectivity index (χ0v) is 8.42. The molecule has 3 nitrogen and oxygen atoms in total. The van der Waals surface area contributed by atoms with Gasteiger partial charge < -0.3 is 9.69 Å². The van der Waals surface area contributed by atoms with E-state index in [4.69, 9.17) is 0 Å². The maximum absolute atomic E-state index is 11.5. The highest BCUT2D eigenvalue weighted by atomic mass is 16.2. The minimum atomic E-state index is -0.411. The molecule has 1 unspecified atom stereocenters. The minimum Gasteiger partial charge on any atom is -0.336 e. The van der Waals surface area contributed by atoms with E-state index in [2.05, 4.69) is 0 Å². The number of likely N-dealkylation sites (N-methyl/N-ethyl adjacent to an activating group) is 1. The number of aldehydes is 1. The van der Waals surface area contributed by atoms with Crippen LogP contribution in [0.4, 0.5) is 0 Å². The molecule has 0 saturated carbocycles. The zero-order valence-electron chi connectivity index (χ0n) is 8.42. The highest BCUT2D eigenvalue weighted by Crippen LogP contribution is 2.17. The molecule has 1 atom stereocenters. The van der Waals surface area contributed by atoms with Gasteiger partial charge in [-0.25, -0.2) is 0 Å². The maximum atomic E-state index is 11.5. The summed E-state index contributed by atoms with van der Waals surface area (Å²) in [6.07, 6.45) is 0.768. The van der Waals surface area contributed by atoms with E-state index in [0.717, 1.165) is 6.29 Å². The SMILES string of the molecule is CC(C=O)N(C)C(=O)C(C)(C)C. The van der Waals surface area contributed by atoms with Crippen molar-refractivity contribution in [2.75, 3.05) is 7.05 Å². The van der Waals surface area contributed by atoms with E-state index in [1.807, 2.05) is 20.8 Å². The molecule has 0 aliphatic carbocycles. The zero-order chi connectivity index (χ0) is 9.94. The number of carbonyl (C=O) groups is 2. The lowest BCUT2D eigenvalue weighted by molar-refractivity contribution is -0.141. The molecular formula is C9H17NO2. The first-order valence-electron chi connectivity index (χ1n) is 4.03. The van der Waals surface area contributed by atoms with Crippen molar-refractivity contribution in [3.8, 4) is 0 Å². The maximum Gasteiger partial charge on any atom is 0.228 e. The lowest BCUT2D eigenvalue weighted by Gasteiger charge is -2.28. The van der Waals surface area contributed by atoms with Gasteiger partial charge in [0.15, 0.2) is 0 Å². The molecule has 12 heavy (non-hydrogen) atoms. The average Bonchev–Trinajstić information content (AvgIpc) is 1.98. The predicted molar refractivity (Wildman–Crippen MR) is 47.8 cm³/mol. The summed E-state index contributed by atoms with van der Waals surface area (Å²) in [6.45, 7) is 7.21. The summed E-state index contributed by atoms with van der Waals surface area (Å²) in [4.78, 5) is 23.4. The number of hydrogen-bond acceptors (Lipinski definition) is 2. The molecule has 0 aromatic carbocycles. The third-order valence-corrected chi connectivity index (χ3v) is 1.77. The Balaban J connectivity index is 4.40. The summed E-state index contributed by atoms with van der Waals surface area (Å²) in [5, 5.41) is 0. The van der Waals surface area contributed by atoms with Gasteiger partial charge in [-0.2, -0.15) is 0 Å². The van der Waals surface area contributed by atoms with Crippen LogP contribution < -0.4 is 0 Å². The summed E-state index contributed by atoms with van der Waals surface area (Å²) in [7, 11) is 1.65. The Kier molecular flexibility index (Phi) is 3.43. The first-order chi connectivity index (χ1) is 5.30. The molecule has 3 heteroatoms. The Morgan fingerprint density at radius 3 is 2.08 bits per heavy atom. The Hall–Kier alpha value is -0.860. The summed E-state index contributed by atoms with van der Waals surface area (Å²) >= 11 is 0. The monoisotopic (exact) mass is 171 g/mol. The molecule has 0 aliphatic rings. The number of hydrogen-bond donors (Lipinski definition) is 0. The van der Waals surface area contributed by atoms with Gasteiger partial charge in [0.25, 0.3) is 0 Å². The summed E-state index contributed by atoms with van der Waals surface area (Å²) in [5.41, 5.74) is -0.411. The van der Waals surface area contributed by atoms with E-state index in [1.54, 1.807) is 14.0 Å². The van der Waals surface area contributed by atoms with Crippen molar-refractivity contribution in [1.29, 1.82) is 0 Å². The molecule has 0 spiro atoms.